The Morgan fingerprint density at radius 1 is 0.547 bits per heavy atom. The van der Waals surface area contributed by atoms with Crippen LogP contribution >= 0.6 is 0 Å². The molecule has 1 aliphatic rings. The molecule has 1 saturated heterocycles. The van der Waals surface area contributed by atoms with Crippen LogP contribution in [0.15, 0.2) is 24.3 Å². The standard InChI is InChI=1S/C36H61N5O12/c1-21-9-23(13-38-15-27(44)33(50)35(52)29(46)19-42)31(48)25(11-21)17-40-5-3-37-4-6-41(8-7-40)18-26-12-22(2)10-24(32(26)49)14-39-16-28(45)34(51)36(53)30(47)20-43/h9-12,27-30,33-39,42-53H,3-8,13-20H2,1-2H3. The van der Waals surface area contributed by atoms with Gasteiger partial charge in [-0.15, -0.1) is 0 Å². The van der Waals surface area contributed by atoms with E-state index in [0.29, 0.717) is 37.3 Å². The van der Waals surface area contributed by atoms with Crippen molar-refractivity contribution in [2.45, 2.75) is 88.9 Å². The minimum absolute atomic E-state index is 0.102. The molecule has 1 aliphatic heterocycles. The molecule has 53 heavy (non-hydrogen) atoms. The number of aromatic hydroxyl groups is 2. The van der Waals surface area contributed by atoms with Crippen LogP contribution < -0.4 is 16.0 Å². The van der Waals surface area contributed by atoms with Gasteiger partial charge in [-0.2, -0.15) is 0 Å². The smallest absolute Gasteiger partial charge is 0.124 e. The molecule has 1 fully saturated rings. The molecule has 0 bridgehead atoms. The summed E-state index contributed by atoms with van der Waals surface area (Å²) >= 11 is 0. The molecule has 302 valence electrons. The third kappa shape index (κ3) is 13.6. The first-order chi connectivity index (χ1) is 25.2. The van der Waals surface area contributed by atoms with Crippen molar-refractivity contribution >= 4 is 0 Å². The van der Waals surface area contributed by atoms with Crippen LogP contribution in [0.2, 0.25) is 0 Å². The van der Waals surface area contributed by atoms with Gasteiger partial charge in [0.2, 0.25) is 0 Å². The number of nitrogens with zero attached hydrogens (tertiary/aromatic N) is 2. The number of aliphatic hydroxyl groups is 10. The van der Waals surface area contributed by atoms with E-state index in [1.54, 1.807) is 0 Å². The molecule has 0 radical (unpaired) electrons. The second kappa shape index (κ2) is 22.1. The number of aliphatic hydroxyl groups excluding tert-OH is 10. The van der Waals surface area contributed by atoms with Crippen LogP contribution in [0, 0.1) is 13.8 Å². The fraction of sp³-hybridized carbons (Fsp3) is 0.667. The summed E-state index contributed by atoms with van der Waals surface area (Å²) in [6.07, 6.45) is -12.9. The minimum Gasteiger partial charge on any atom is -0.507 e. The monoisotopic (exact) mass is 755 g/mol. The lowest BCUT2D eigenvalue weighted by Gasteiger charge is -2.27. The lowest BCUT2D eigenvalue weighted by molar-refractivity contribution is -0.114. The Hall–Kier alpha value is -2.56. The molecule has 17 nitrogen and oxygen atoms in total. The molecule has 0 aliphatic carbocycles. The highest BCUT2D eigenvalue weighted by atomic mass is 16.4. The Balaban J connectivity index is 1.61. The number of phenolic OH excluding ortho intramolecular Hbond substituents is 2. The molecule has 0 aromatic heterocycles. The van der Waals surface area contributed by atoms with Crippen molar-refractivity contribution in [2.24, 2.45) is 0 Å². The van der Waals surface area contributed by atoms with E-state index in [2.05, 4.69) is 25.8 Å². The molecule has 0 saturated carbocycles. The fourth-order valence-corrected chi connectivity index (χ4v) is 6.36. The second-order valence-corrected chi connectivity index (χ2v) is 14.0. The first-order valence-corrected chi connectivity index (χ1v) is 18.0. The number of hydrogen-bond donors (Lipinski definition) is 15. The van der Waals surface area contributed by atoms with Gasteiger partial charge in [-0.3, -0.25) is 9.80 Å². The third-order valence-corrected chi connectivity index (χ3v) is 9.54. The van der Waals surface area contributed by atoms with Crippen LogP contribution in [0.1, 0.15) is 33.4 Å². The first kappa shape index (κ1) is 44.8. The van der Waals surface area contributed by atoms with E-state index in [-0.39, 0.29) is 37.7 Å². The van der Waals surface area contributed by atoms with Crippen molar-refractivity contribution in [2.75, 3.05) is 65.6 Å². The summed E-state index contributed by atoms with van der Waals surface area (Å²) in [7, 11) is 0. The maximum Gasteiger partial charge on any atom is 0.124 e. The third-order valence-electron chi connectivity index (χ3n) is 9.54. The van der Waals surface area contributed by atoms with Crippen molar-refractivity contribution in [1.29, 1.82) is 0 Å². The van der Waals surface area contributed by atoms with E-state index in [1.165, 1.54) is 0 Å². The van der Waals surface area contributed by atoms with Crippen LogP contribution in [-0.2, 0) is 26.2 Å². The fourth-order valence-electron chi connectivity index (χ4n) is 6.36. The first-order valence-electron chi connectivity index (χ1n) is 18.0. The van der Waals surface area contributed by atoms with Gasteiger partial charge in [0.15, 0.2) is 0 Å². The quantitative estimate of drug-likeness (QED) is 0.0608. The average Bonchev–Trinajstić information content (AvgIpc) is 3.24. The van der Waals surface area contributed by atoms with E-state index in [0.717, 1.165) is 48.4 Å². The Labute approximate surface area is 310 Å². The van der Waals surface area contributed by atoms with Gasteiger partial charge in [-0.05, 0) is 13.8 Å². The molecular formula is C36H61N5O12. The van der Waals surface area contributed by atoms with Gasteiger partial charge in [0.1, 0.15) is 48.1 Å². The Kier molecular flexibility index (Phi) is 18.7. The number of nitrogens with one attached hydrogen (secondary N) is 3. The van der Waals surface area contributed by atoms with Gasteiger partial charge in [-0.1, -0.05) is 35.4 Å². The topological polar surface area (TPSA) is 285 Å². The van der Waals surface area contributed by atoms with Crippen molar-refractivity contribution in [3.8, 4) is 11.5 Å². The van der Waals surface area contributed by atoms with Crippen LogP contribution in [-0.4, -0.2) is 185 Å². The lowest BCUT2D eigenvalue weighted by atomic mass is 10.0. The molecule has 15 N–H and O–H groups in total. The lowest BCUT2D eigenvalue weighted by Crippen LogP contribution is -2.48. The number of aryl methyl sites for hydroxylation is 2. The zero-order valence-corrected chi connectivity index (χ0v) is 30.6. The van der Waals surface area contributed by atoms with Crippen LogP contribution in [0.4, 0.5) is 0 Å². The largest absolute Gasteiger partial charge is 0.507 e. The van der Waals surface area contributed by atoms with Crippen molar-refractivity contribution in [1.82, 2.24) is 25.8 Å². The predicted octanol–water partition coefficient (Wildman–Crippen LogP) is -4.33. The summed E-state index contributed by atoms with van der Waals surface area (Å²) in [6, 6.07) is 7.48. The van der Waals surface area contributed by atoms with Gasteiger partial charge >= 0.3 is 0 Å². The molecule has 8 atom stereocenters. The van der Waals surface area contributed by atoms with Crippen LogP contribution in [0.3, 0.4) is 0 Å². The summed E-state index contributed by atoms with van der Waals surface area (Å²) in [4.78, 5) is 4.46. The number of benzene rings is 2. The molecule has 2 aromatic rings. The summed E-state index contributed by atoms with van der Waals surface area (Å²) in [5.74, 6) is 0.204. The van der Waals surface area contributed by atoms with Crippen molar-refractivity contribution in [3.63, 3.8) is 0 Å². The van der Waals surface area contributed by atoms with Crippen LogP contribution in [0.25, 0.3) is 0 Å². The predicted molar refractivity (Wildman–Crippen MR) is 195 cm³/mol. The average molecular weight is 756 g/mol. The number of rotatable bonds is 20. The summed E-state index contributed by atoms with van der Waals surface area (Å²) < 4.78 is 0. The Morgan fingerprint density at radius 3 is 1.25 bits per heavy atom. The van der Waals surface area contributed by atoms with Gasteiger partial charge in [0.05, 0.1) is 25.4 Å². The van der Waals surface area contributed by atoms with Gasteiger partial charge in [0.25, 0.3) is 0 Å². The Bertz CT molecular complexity index is 1290. The molecule has 0 amide bonds. The zero-order valence-electron chi connectivity index (χ0n) is 30.6. The zero-order chi connectivity index (χ0) is 39.2. The highest BCUT2D eigenvalue weighted by molar-refractivity contribution is 5.44. The van der Waals surface area contributed by atoms with Crippen LogP contribution in [0.5, 0.6) is 11.5 Å². The maximum atomic E-state index is 11.2. The molecule has 1 heterocycles. The Morgan fingerprint density at radius 2 is 0.887 bits per heavy atom. The summed E-state index contributed by atoms with van der Waals surface area (Å²) in [6.45, 7) is 7.52. The normalized spacial score (nSPS) is 19.7. The molecular weight excluding hydrogens is 694 g/mol. The SMILES string of the molecule is Cc1cc(CNCC(O)C(O)C(O)C(O)CO)c(O)c(CN2CCNCCN(Cc3cc(C)cc(CNCC(O)C(O)C(O)C(O)CO)c3O)CC2)c1. The summed E-state index contributed by atoms with van der Waals surface area (Å²) in [5, 5.41) is 129. The van der Waals surface area contributed by atoms with Crippen molar-refractivity contribution in [3.05, 3.63) is 57.6 Å². The molecule has 2 aromatic carbocycles. The molecule has 8 unspecified atom stereocenters. The van der Waals surface area contributed by atoms with E-state index < -0.39 is 62.0 Å². The van der Waals surface area contributed by atoms with E-state index in [4.69, 9.17) is 10.2 Å². The highest BCUT2D eigenvalue weighted by Crippen LogP contribution is 2.28. The van der Waals surface area contributed by atoms with Crippen molar-refractivity contribution < 1.29 is 61.3 Å². The molecule has 17 heteroatoms. The highest BCUT2D eigenvalue weighted by Gasteiger charge is 2.31. The molecule has 0 spiro atoms. The maximum absolute atomic E-state index is 11.2. The summed E-state index contributed by atoms with van der Waals surface area (Å²) in [5.41, 5.74) is 4.46. The number of phenols is 2. The molecule has 3 rings (SSSR count). The number of hydrogen-bond acceptors (Lipinski definition) is 17. The second-order valence-electron chi connectivity index (χ2n) is 14.0. The van der Waals surface area contributed by atoms with Gasteiger partial charge in [0, 0.05) is 101 Å². The van der Waals surface area contributed by atoms with Gasteiger partial charge < -0.3 is 77.2 Å². The minimum atomic E-state index is -1.73. The van der Waals surface area contributed by atoms with Gasteiger partial charge in [-0.25, -0.2) is 0 Å². The van der Waals surface area contributed by atoms with E-state index >= 15 is 0 Å². The van der Waals surface area contributed by atoms with E-state index in [9.17, 15) is 51.1 Å². The van der Waals surface area contributed by atoms with E-state index in [1.807, 2.05) is 38.1 Å².